The molecule has 5 rings (SSSR count). The van der Waals surface area contributed by atoms with E-state index in [4.69, 9.17) is 32.7 Å². The van der Waals surface area contributed by atoms with Crippen molar-refractivity contribution in [1.82, 2.24) is 20.7 Å². The van der Waals surface area contributed by atoms with Gasteiger partial charge in [-0.15, -0.1) is 0 Å². The summed E-state index contributed by atoms with van der Waals surface area (Å²) in [6.45, 7) is 0.424. The van der Waals surface area contributed by atoms with Gasteiger partial charge in [-0.1, -0.05) is 53.5 Å². The van der Waals surface area contributed by atoms with Crippen molar-refractivity contribution in [3.8, 4) is 0 Å². The summed E-state index contributed by atoms with van der Waals surface area (Å²) in [6, 6.07) is 10.7. The summed E-state index contributed by atoms with van der Waals surface area (Å²) in [4.78, 5) is 65.3. The zero-order chi connectivity index (χ0) is 29.1. The van der Waals surface area contributed by atoms with E-state index in [2.05, 4.69) is 10.6 Å². The molecule has 2 N–H and O–H groups in total. The Bertz CT molecular complexity index is 1340. The van der Waals surface area contributed by atoms with E-state index < -0.39 is 48.1 Å². The largest absolute Gasteiger partial charge is 0.433 e. The Morgan fingerprint density at radius 2 is 1.73 bits per heavy atom. The monoisotopic (exact) mass is 602 g/mol. The number of rotatable bonds is 7. The van der Waals surface area contributed by atoms with E-state index in [1.807, 2.05) is 30.3 Å². The van der Waals surface area contributed by atoms with Gasteiger partial charge in [0.05, 0.1) is 13.0 Å². The Balaban J connectivity index is 1.30. The Kier molecular flexibility index (Phi) is 8.77. The van der Waals surface area contributed by atoms with Gasteiger partial charge in [0.25, 0.3) is 11.8 Å². The number of nitrogens with one attached hydrogen (secondary N) is 2. The fourth-order valence-electron chi connectivity index (χ4n) is 5.17. The number of hydrazine groups is 1. The summed E-state index contributed by atoms with van der Waals surface area (Å²) in [5.41, 5.74) is 1.02. The number of halogens is 2. The number of cyclic esters (lactones) is 1. The van der Waals surface area contributed by atoms with Crippen LogP contribution in [0.3, 0.4) is 0 Å². The lowest BCUT2D eigenvalue weighted by Crippen LogP contribution is -2.64. The van der Waals surface area contributed by atoms with Crippen LogP contribution in [-0.4, -0.2) is 70.6 Å². The Hall–Kier alpha value is -3.67. The molecular formula is C28H28Cl2N4O7. The van der Waals surface area contributed by atoms with Gasteiger partial charge >= 0.3 is 5.97 Å². The fraction of sp³-hybridized carbons (Fsp3) is 0.393. The predicted octanol–water partition coefficient (Wildman–Crippen LogP) is 2.59. The van der Waals surface area contributed by atoms with Gasteiger partial charge in [-0.25, -0.2) is 5.01 Å². The van der Waals surface area contributed by atoms with Crippen LogP contribution in [0.2, 0.25) is 10.0 Å². The van der Waals surface area contributed by atoms with Gasteiger partial charge in [0.2, 0.25) is 18.1 Å². The molecule has 0 saturated carbocycles. The minimum atomic E-state index is -1.07. The average molecular weight is 603 g/mol. The number of benzene rings is 2. The van der Waals surface area contributed by atoms with Crippen molar-refractivity contribution in [3.63, 3.8) is 0 Å². The molecule has 216 valence electrons. The molecule has 3 saturated heterocycles. The number of fused-ring (bicyclic) bond motifs is 1. The number of carbonyl (C=O) groups excluding carboxylic acids is 5. The van der Waals surface area contributed by atoms with Crippen molar-refractivity contribution in [2.45, 2.75) is 63.1 Å². The highest BCUT2D eigenvalue weighted by molar-refractivity contribution is 6.35. The number of hydrogen-bond donors (Lipinski definition) is 2. The second-order valence-corrected chi connectivity index (χ2v) is 10.9. The molecule has 11 nitrogen and oxygen atoms in total. The lowest BCUT2D eigenvalue weighted by Gasteiger charge is -2.43. The summed E-state index contributed by atoms with van der Waals surface area (Å²) >= 11 is 12.0. The Labute approximate surface area is 246 Å². The lowest BCUT2D eigenvalue weighted by atomic mass is 10.0. The number of ether oxygens (including phenoxy) is 2. The molecular weight excluding hydrogens is 575 g/mol. The number of hydrogen-bond acceptors (Lipinski definition) is 7. The smallest absolute Gasteiger partial charge is 0.310 e. The molecule has 4 unspecified atom stereocenters. The Morgan fingerprint density at radius 1 is 1.00 bits per heavy atom. The van der Waals surface area contributed by atoms with Crippen LogP contribution in [0.4, 0.5) is 0 Å². The summed E-state index contributed by atoms with van der Waals surface area (Å²) < 4.78 is 11.1. The van der Waals surface area contributed by atoms with Crippen molar-refractivity contribution in [2.75, 3.05) is 6.54 Å². The summed E-state index contributed by atoms with van der Waals surface area (Å²) in [5, 5.41) is 8.38. The maximum Gasteiger partial charge on any atom is 0.310 e. The van der Waals surface area contributed by atoms with Gasteiger partial charge in [0.15, 0.2) is 0 Å². The molecule has 0 radical (unpaired) electrons. The lowest BCUT2D eigenvalue weighted by molar-refractivity contribution is -0.177. The zero-order valence-corrected chi connectivity index (χ0v) is 23.4. The topological polar surface area (TPSA) is 134 Å². The highest BCUT2D eigenvalue weighted by Gasteiger charge is 2.46. The van der Waals surface area contributed by atoms with Gasteiger partial charge in [-0.3, -0.25) is 29.0 Å². The SMILES string of the molecule is O=C1CC(NC(=O)C2CCCN3C(=O)CCC(NC(=O)c4cc(Cl)cc(Cl)c4)C(=O)N23)C(OCc2ccccc2)O1. The fourth-order valence-corrected chi connectivity index (χ4v) is 5.70. The summed E-state index contributed by atoms with van der Waals surface area (Å²) in [7, 11) is 0. The molecule has 2 aromatic carbocycles. The number of nitrogens with zero attached hydrogens (tertiary/aromatic N) is 2. The van der Waals surface area contributed by atoms with Crippen LogP contribution in [-0.2, 0) is 35.3 Å². The van der Waals surface area contributed by atoms with Crippen molar-refractivity contribution in [3.05, 3.63) is 69.7 Å². The first kappa shape index (κ1) is 28.8. The molecule has 0 spiro atoms. The van der Waals surface area contributed by atoms with Gasteiger partial charge in [-0.05, 0) is 43.0 Å². The number of carbonyl (C=O) groups is 5. The van der Waals surface area contributed by atoms with E-state index in [9.17, 15) is 24.0 Å². The van der Waals surface area contributed by atoms with Crippen LogP contribution in [0.1, 0.15) is 48.0 Å². The third-order valence-electron chi connectivity index (χ3n) is 7.14. The molecule has 4 amide bonds. The zero-order valence-electron chi connectivity index (χ0n) is 21.9. The second-order valence-electron chi connectivity index (χ2n) is 10.1. The predicted molar refractivity (Wildman–Crippen MR) is 146 cm³/mol. The van der Waals surface area contributed by atoms with Crippen molar-refractivity contribution in [1.29, 1.82) is 0 Å². The maximum absolute atomic E-state index is 13.7. The normalized spacial score (nSPS) is 24.4. The highest BCUT2D eigenvalue weighted by atomic mass is 35.5. The first-order valence-corrected chi connectivity index (χ1v) is 14.0. The van der Waals surface area contributed by atoms with Crippen molar-refractivity contribution >= 4 is 52.8 Å². The highest BCUT2D eigenvalue weighted by Crippen LogP contribution is 2.27. The van der Waals surface area contributed by atoms with Gasteiger partial charge < -0.3 is 20.1 Å². The Morgan fingerprint density at radius 3 is 2.46 bits per heavy atom. The van der Waals surface area contributed by atoms with E-state index in [1.54, 1.807) is 0 Å². The van der Waals surface area contributed by atoms with Crippen LogP contribution in [0, 0.1) is 0 Å². The van der Waals surface area contributed by atoms with Crippen LogP contribution >= 0.6 is 23.2 Å². The minimum Gasteiger partial charge on any atom is -0.433 e. The van der Waals surface area contributed by atoms with E-state index in [0.29, 0.717) is 6.42 Å². The first-order valence-electron chi connectivity index (χ1n) is 13.3. The third-order valence-corrected chi connectivity index (χ3v) is 7.58. The van der Waals surface area contributed by atoms with Gasteiger partial charge in [0, 0.05) is 28.6 Å². The van der Waals surface area contributed by atoms with Crippen molar-refractivity contribution in [2.24, 2.45) is 0 Å². The minimum absolute atomic E-state index is 0.00179. The molecule has 0 aliphatic carbocycles. The van der Waals surface area contributed by atoms with E-state index >= 15 is 0 Å². The molecule has 3 aliphatic rings. The van der Waals surface area contributed by atoms with E-state index in [0.717, 1.165) is 10.6 Å². The van der Waals surface area contributed by atoms with Crippen LogP contribution in [0.5, 0.6) is 0 Å². The molecule has 0 bridgehead atoms. The van der Waals surface area contributed by atoms with Crippen LogP contribution < -0.4 is 10.6 Å². The molecule has 3 heterocycles. The molecule has 2 aromatic rings. The first-order chi connectivity index (χ1) is 19.7. The van der Waals surface area contributed by atoms with Crippen molar-refractivity contribution < 1.29 is 33.4 Å². The van der Waals surface area contributed by atoms with E-state index in [1.165, 1.54) is 23.2 Å². The van der Waals surface area contributed by atoms with E-state index in [-0.39, 0.29) is 60.4 Å². The second kappa shape index (κ2) is 12.5. The van der Waals surface area contributed by atoms with Crippen LogP contribution in [0.25, 0.3) is 0 Å². The number of esters is 1. The maximum atomic E-state index is 13.7. The molecule has 4 atom stereocenters. The molecule has 41 heavy (non-hydrogen) atoms. The molecule has 3 fully saturated rings. The van der Waals surface area contributed by atoms with Crippen LogP contribution in [0.15, 0.2) is 48.5 Å². The van der Waals surface area contributed by atoms with Gasteiger partial charge in [-0.2, -0.15) is 0 Å². The molecule has 13 heteroatoms. The number of amides is 4. The quantitative estimate of drug-likeness (QED) is 0.465. The molecule has 3 aliphatic heterocycles. The molecule has 0 aromatic heterocycles. The van der Waals surface area contributed by atoms with Gasteiger partial charge in [0.1, 0.15) is 18.1 Å². The summed E-state index contributed by atoms with van der Waals surface area (Å²) in [6.07, 6.45) is -0.292. The summed E-state index contributed by atoms with van der Waals surface area (Å²) in [5.74, 6) is -2.59. The standard InChI is InChI=1S/C28H28Cl2N4O7/c29-18-11-17(12-19(30)13-18)25(37)31-20-8-9-23(35)33-10-4-7-22(34(33)27(20)39)26(38)32-21-14-24(36)41-28(21)40-15-16-5-2-1-3-6-16/h1-3,5-6,11-13,20-22,28H,4,7-10,14-15H2,(H,31,37)(H,32,38). The average Bonchev–Trinajstić information content (AvgIpc) is 3.25. The third kappa shape index (κ3) is 6.64.